The maximum absolute atomic E-state index is 12.3. The van der Waals surface area contributed by atoms with E-state index in [1.807, 2.05) is 36.6 Å². The first-order valence-corrected chi connectivity index (χ1v) is 11.2. The average Bonchev–Trinajstić information content (AvgIpc) is 3.15. The van der Waals surface area contributed by atoms with Crippen LogP contribution in [0.3, 0.4) is 0 Å². The first-order chi connectivity index (χ1) is 14.4. The number of hydrogen-bond donors (Lipinski definition) is 2. The molecule has 2 aromatic carbocycles. The third-order valence-corrected chi connectivity index (χ3v) is 6.34. The predicted molar refractivity (Wildman–Crippen MR) is 123 cm³/mol. The highest BCUT2D eigenvalue weighted by Crippen LogP contribution is 2.27. The van der Waals surface area contributed by atoms with Gasteiger partial charge in [0.05, 0.1) is 30.0 Å². The molecule has 0 fully saturated rings. The van der Waals surface area contributed by atoms with Gasteiger partial charge in [-0.1, -0.05) is 41.1 Å². The first kappa shape index (κ1) is 22.1. The van der Waals surface area contributed by atoms with Gasteiger partial charge in [-0.05, 0) is 37.3 Å². The number of carbonyl (C=O) groups excluding carboxylic acids is 2. The normalized spacial score (nSPS) is 10.5. The Morgan fingerprint density at radius 2 is 1.80 bits per heavy atom. The Morgan fingerprint density at radius 3 is 2.50 bits per heavy atom. The lowest BCUT2D eigenvalue weighted by atomic mass is 10.2. The Morgan fingerprint density at radius 1 is 1.10 bits per heavy atom. The number of carbonyl (C=O) groups is 2. The van der Waals surface area contributed by atoms with Gasteiger partial charge in [0, 0.05) is 16.8 Å². The quantitative estimate of drug-likeness (QED) is 0.460. The maximum Gasteiger partial charge on any atom is 0.234 e. The number of methoxy groups -OCH3 is 1. The zero-order valence-corrected chi connectivity index (χ0v) is 18.8. The van der Waals surface area contributed by atoms with Crippen molar-refractivity contribution in [2.24, 2.45) is 0 Å². The van der Waals surface area contributed by atoms with Crippen molar-refractivity contribution in [3.8, 4) is 5.75 Å². The van der Waals surface area contributed by atoms with E-state index in [9.17, 15) is 9.59 Å². The van der Waals surface area contributed by atoms with Crippen LogP contribution in [0.5, 0.6) is 5.75 Å². The van der Waals surface area contributed by atoms with Crippen LogP contribution in [-0.2, 0) is 16.0 Å². The number of aromatic nitrogens is 1. The van der Waals surface area contributed by atoms with Gasteiger partial charge >= 0.3 is 0 Å². The maximum atomic E-state index is 12.3. The Hall–Kier alpha value is -2.55. The number of nitrogens with zero attached hydrogens (tertiary/aromatic N) is 1. The molecule has 3 aromatic rings. The molecule has 0 atom stereocenters. The zero-order valence-electron chi connectivity index (χ0n) is 16.4. The number of thioether (sulfide) groups is 1. The molecular weight excluding hydrogens is 442 g/mol. The van der Waals surface area contributed by atoms with Gasteiger partial charge in [-0.3, -0.25) is 9.59 Å². The highest BCUT2D eigenvalue weighted by atomic mass is 35.5. The van der Waals surface area contributed by atoms with Crippen molar-refractivity contribution < 1.29 is 14.3 Å². The van der Waals surface area contributed by atoms with E-state index in [0.29, 0.717) is 22.2 Å². The van der Waals surface area contributed by atoms with Crippen molar-refractivity contribution >= 4 is 57.9 Å². The molecule has 1 aromatic heterocycles. The van der Waals surface area contributed by atoms with Crippen LogP contribution in [0.1, 0.15) is 11.3 Å². The van der Waals surface area contributed by atoms with E-state index in [2.05, 4.69) is 15.6 Å². The molecule has 30 heavy (non-hydrogen) atoms. The summed E-state index contributed by atoms with van der Waals surface area (Å²) >= 11 is 8.82. The molecule has 3 rings (SSSR count). The monoisotopic (exact) mass is 461 g/mol. The summed E-state index contributed by atoms with van der Waals surface area (Å²) in [5, 5.41) is 7.88. The van der Waals surface area contributed by atoms with Crippen molar-refractivity contribution in [2.45, 2.75) is 17.7 Å². The minimum Gasteiger partial charge on any atom is -0.495 e. The number of thiazole rings is 1. The van der Waals surface area contributed by atoms with Gasteiger partial charge in [-0.2, -0.15) is 0 Å². The first-order valence-electron chi connectivity index (χ1n) is 9.00. The molecule has 0 unspecified atom stereocenters. The predicted octanol–water partition coefficient (Wildman–Crippen LogP) is 5.03. The largest absolute Gasteiger partial charge is 0.495 e. The second-order valence-electron chi connectivity index (χ2n) is 6.38. The van der Waals surface area contributed by atoms with Gasteiger partial charge in [0.15, 0.2) is 4.34 Å². The van der Waals surface area contributed by atoms with Gasteiger partial charge < -0.3 is 15.4 Å². The Kier molecular flexibility index (Phi) is 7.73. The summed E-state index contributed by atoms with van der Waals surface area (Å²) in [4.78, 5) is 28.8. The summed E-state index contributed by atoms with van der Waals surface area (Å²) in [5.41, 5.74) is 3.14. The van der Waals surface area contributed by atoms with Crippen LogP contribution in [0.25, 0.3) is 0 Å². The molecule has 0 saturated heterocycles. The summed E-state index contributed by atoms with van der Waals surface area (Å²) in [6.07, 6.45) is 0.135. The standard InChI is InChI=1S/C21H20ClN3O3S2/c1-13-3-5-14(6-4-13)23-20(27)12-30-21-25-16(11-29-21)10-19(26)24-15-7-8-18(28-2)17(22)9-15/h3-9,11H,10,12H2,1-2H3,(H,23,27)(H,24,26). The number of rotatable bonds is 8. The van der Waals surface area contributed by atoms with E-state index < -0.39 is 0 Å². The molecule has 6 nitrogen and oxygen atoms in total. The Balaban J connectivity index is 1.47. The fourth-order valence-electron chi connectivity index (χ4n) is 2.51. The van der Waals surface area contributed by atoms with E-state index in [-0.39, 0.29) is 24.0 Å². The molecule has 2 N–H and O–H groups in total. The summed E-state index contributed by atoms with van der Waals surface area (Å²) in [6, 6.07) is 12.7. The van der Waals surface area contributed by atoms with Crippen molar-refractivity contribution in [1.29, 1.82) is 0 Å². The summed E-state index contributed by atoms with van der Waals surface area (Å²) in [7, 11) is 1.53. The second kappa shape index (κ2) is 10.5. The number of halogens is 1. The third-order valence-electron chi connectivity index (χ3n) is 3.97. The Labute approximate surface area is 188 Å². The van der Waals surface area contributed by atoms with Crippen LogP contribution in [0, 0.1) is 6.92 Å². The van der Waals surface area contributed by atoms with Gasteiger partial charge in [0.2, 0.25) is 11.8 Å². The van der Waals surface area contributed by atoms with Crippen molar-refractivity contribution in [1.82, 2.24) is 4.98 Å². The minimum atomic E-state index is -0.199. The number of amides is 2. The van der Waals surface area contributed by atoms with Crippen LogP contribution >= 0.6 is 34.7 Å². The number of hydrogen-bond acceptors (Lipinski definition) is 6. The van der Waals surface area contributed by atoms with Crippen LogP contribution in [0.15, 0.2) is 52.2 Å². The lowest BCUT2D eigenvalue weighted by Gasteiger charge is -2.07. The molecular formula is C21H20ClN3O3S2. The van der Waals surface area contributed by atoms with Crippen LogP contribution in [-0.4, -0.2) is 29.7 Å². The summed E-state index contributed by atoms with van der Waals surface area (Å²) in [6.45, 7) is 1.99. The van der Waals surface area contributed by atoms with Gasteiger partial charge in [0.25, 0.3) is 0 Å². The van der Waals surface area contributed by atoms with Gasteiger partial charge in [-0.25, -0.2) is 4.98 Å². The van der Waals surface area contributed by atoms with Gasteiger partial charge in [-0.15, -0.1) is 11.3 Å². The van der Waals surface area contributed by atoms with E-state index in [1.165, 1.54) is 30.2 Å². The molecule has 0 saturated carbocycles. The molecule has 0 radical (unpaired) electrons. The zero-order chi connectivity index (χ0) is 21.5. The molecule has 0 spiro atoms. The molecule has 0 aliphatic heterocycles. The number of benzene rings is 2. The van der Waals surface area contributed by atoms with Crippen molar-refractivity contribution in [3.05, 3.63) is 64.1 Å². The molecule has 0 aliphatic rings. The fourth-order valence-corrected chi connectivity index (χ4v) is 4.41. The number of ether oxygens (including phenoxy) is 1. The summed E-state index contributed by atoms with van der Waals surface area (Å²) in [5.74, 6) is 0.490. The lowest BCUT2D eigenvalue weighted by Crippen LogP contribution is -2.15. The molecule has 156 valence electrons. The van der Waals surface area contributed by atoms with Crippen molar-refractivity contribution in [2.75, 3.05) is 23.5 Å². The number of nitrogens with one attached hydrogen (secondary N) is 2. The molecule has 0 aliphatic carbocycles. The van der Waals surface area contributed by atoms with Crippen LogP contribution in [0.4, 0.5) is 11.4 Å². The fraction of sp³-hybridized carbons (Fsp3) is 0.190. The van der Waals surface area contributed by atoms with Crippen LogP contribution in [0.2, 0.25) is 5.02 Å². The molecule has 9 heteroatoms. The van der Waals surface area contributed by atoms with E-state index in [0.717, 1.165) is 15.6 Å². The molecule has 1 heterocycles. The highest BCUT2D eigenvalue weighted by Gasteiger charge is 2.11. The van der Waals surface area contributed by atoms with Crippen LogP contribution < -0.4 is 15.4 Å². The number of anilines is 2. The van der Waals surface area contributed by atoms with Gasteiger partial charge in [0.1, 0.15) is 5.75 Å². The minimum absolute atomic E-state index is 0.102. The van der Waals surface area contributed by atoms with E-state index in [4.69, 9.17) is 16.3 Å². The van der Waals surface area contributed by atoms with Crippen molar-refractivity contribution in [3.63, 3.8) is 0 Å². The smallest absolute Gasteiger partial charge is 0.234 e. The topological polar surface area (TPSA) is 80.3 Å². The second-order valence-corrected chi connectivity index (χ2v) is 8.87. The van der Waals surface area contributed by atoms with E-state index >= 15 is 0 Å². The Bertz CT molecular complexity index is 1040. The average molecular weight is 462 g/mol. The molecule has 0 bridgehead atoms. The third kappa shape index (κ3) is 6.48. The molecule has 2 amide bonds. The number of aryl methyl sites for hydroxylation is 1. The highest BCUT2D eigenvalue weighted by molar-refractivity contribution is 8.01. The lowest BCUT2D eigenvalue weighted by molar-refractivity contribution is -0.116. The summed E-state index contributed by atoms with van der Waals surface area (Å²) < 4.78 is 5.84. The SMILES string of the molecule is COc1ccc(NC(=O)Cc2csc(SCC(=O)Nc3ccc(C)cc3)n2)cc1Cl. The van der Waals surface area contributed by atoms with E-state index in [1.54, 1.807) is 18.2 Å².